The molecule has 1 N–H and O–H groups in total. The van der Waals surface area contributed by atoms with Crippen LogP contribution in [0.4, 0.5) is 0 Å². The number of phenols is 1. The summed E-state index contributed by atoms with van der Waals surface area (Å²) in [6.45, 7) is 7.06. The fraction of sp³-hybridized carbons (Fsp3) is 0.538. The zero-order valence-electron chi connectivity index (χ0n) is 10.1. The maximum absolute atomic E-state index is 9.24. The number of hydrogen-bond donors (Lipinski definition) is 1. The average Bonchev–Trinajstić information content (AvgIpc) is 2.29. The second-order valence-electron chi connectivity index (χ2n) is 4.40. The Morgan fingerprint density at radius 2 is 1.40 bits per heavy atom. The van der Waals surface area contributed by atoms with Gasteiger partial charge in [0, 0.05) is 0 Å². The second kappa shape index (κ2) is 5.59. The van der Waals surface area contributed by atoms with Crippen LogP contribution in [0.3, 0.4) is 0 Å². The van der Waals surface area contributed by atoms with Gasteiger partial charge in [-0.1, -0.05) is 0 Å². The molecule has 0 heterocycles. The van der Waals surface area contributed by atoms with Gasteiger partial charge >= 0.3 is 95.7 Å². The monoisotopic (exact) mass is 268 g/mol. The maximum atomic E-state index is 9.24. The van der Waals surface area contributed by atoms with E-state index in [1.165, 1.54) is 26.6 Å². The van der Waals surface area contributed by atoms with Crippen LogP contribution in [-0.4, -0.2) is 18.4 Å². The van der Waals surface area contributed by atoms with Gasteiger partial charge in [0.05, 0.1) is 0 Å². The van der Waals surface area contributed by atoms with Gasteiger partial charge in [0.15, 0.2) is 0 Å². The first-order valence-electron chi connectivity index (χ1n) is 5.93. The molecule has 0 aliphatic rings. The third-order valence-electron chi connectivity index (χ3n) is 3.77. The van der Waals surface area contributed by atoms with Crippen molar-refractivity contribution < 1.29 is 5.11 Å². The van der Waals surface area contributed by atoms with Crippen LogP contribution in [0.25, 0.3) is 0 Å². The van der Waals surface area contributed by atoms with Gasteiger partial charge < -0.3 is 0 Å². The Morgan fingerprint density at radius 1 is 0.933 bits per heavy atom. The van der Waals surface area contributed by atoms with E-state index in [9.17, 15) is 5.11 Å². The van der Waals surface area contributed by atoms with Crippen LogP contribution in [0.2, 0.25) is 15.8 Å². The number of hydrogen-bond acceptors (Lipinski definition) is 1. The van der Waals surface area contributed by atoms with E-state index in [1.807, 2.05) is 12.1 Å². The molecule has 1 aromatic rings. The summed E-state index contributed by atoms with van der Waals surface area (Å²) in [4.78, 5) is 0. The Bertz CT molecular complexity index is 280. The summed E-state index contributed by atoms with van der Waals surface area (Å²) in [6.07, 6.45) is 0. The molecule has 1 nitrogen and oxygen atoms in total. The molecule has 84 valence electrons. The number of benzene rings is 1. The molecular formula is C13H22GeO. The van der Waals surface area contributed by atoms with Crippen LogP contribution >= 0.6 is 0 Å². The molecule has 0 saturated heterocycles. The van der Waals surface area contributed by atoms with Gasteiger partial charge in [0.2, 0.25) is 0 Å². The number of phenolic OH excluding ortho intramolecular Hbond substituents is 1. The molecule has 1 aromatic carbocycles. The molecule has 0 spiro atoms. The van der Waals surface area contributed by atoms with Crippen LogP contribution in [0.1, 0.15) is 26.3 Å². The average molecular weight is 267 g/mol. The quantitative estimate of drug-likeness (QED) is 0.800. The van der Waals surface area contributed by atoms with Gasteiger partial charge in [0.1, 0.15) is 0 Å². The Kier molecular flexibility index (Phi) is 4.71. The first-order valence-corrected chi connectivity index (χ1v) is 11.9. The first-order chi connectivity index (χ1) is 7.15. The van der Waals surface area contributed by atoms with Crippen molar-refractivity contribution in [2.45, 2.75) is 41.8 Å². The van der Waals surface area contributed by atoms with Crippen LogP contribution in [0, 0.1) is 0 Å². The van der Waals surface area contributed by atoms with E-state index in [-0.39, 0.29) is 0 Å². The molecule has 0 aliphatic carbocycles. The molecule has 15 heavy (non-hydrogen) atoms. The zero-order chi connectivity index (χ0) is 11.3. The van der Waals surface area contributed by atoms with Gasteiger partial charge in [-0.2, -0.15) is 0 Å². The summed E-state index contributed by atoms with van der Waals surface area (Å²) < 4.78 is 0. The van der Waals surface area contributed by atoms with Crippen LogP contribution in [-0.2, 0) is 5.25 Å². The molecule has 0 bridgehead atoms. The van der Waals surface area contributed by atoms with Crippen molar-refractivity contribution in [2.24, 2.45) is 0 Å². The predicted octanol–water partition coefficient (Wildman–Crippen LogP) is 3.98. The number of rotatable bonds is 5. The molecule has 0 fully saturated rings. The molecule has 0 amide bonds. The van der Waals surface area contributed by atoms with Gasteiger partial charge in [0.25, 0.3) is 0 Å². The summed E-state index contributed by atoms with van der Waals surface area (Å²) in [6, 6.07) is 7.78. The SMILES string of the molecule is C[CH2][Ge]([CH2]C)([CH2]C)[CH2]c1ccc(O)cc1. The third kappa shape index (κ3) is 3.27. The van der Waals surface area contributed by atoms with Crippen molar-refractivity contribution in [3.05, 3.63) is 29.8 Å². The first kappa shape index (κ1) is 12.6. The minimum absolute atomic E-state index is 0.376. The Labute approximate surface area is 95.9 Å². The van der Waals surface area contributed by atoms with Crippen LogP contribution < -0.4 is 0 Å². The summed E-state index contributed by atoms with van der Waals surface area (Å²) in [7, 11) is 0. The number of aromatic hydroxyl groups is 1. The van der Waals surface area contributed by atoms with E-state index in [0.717, 1.165) is 0 Å². The van der Waals surface area contributed by atoms with Crippen molar-refractivity contribution >= 4 is 13.3 Å². The fourth-order valence-corrected chi connectivity index (χ4v) is 9.20. The summed E-state index contributed by atoms with van der Waals surface area (Å²) >= 11 is -1.58. The fourth-order valence-electron chi connectivity index (χ4n) is 2.17. The van der Waals surface area contributed by atoms with E-state index in [4.69, 9.17) is 0 Å². The van der Waals surface area contributed by atoms with Crippen molar-refractivity contribution in [3.8, 4) is 5.75 Å². The predicted molar refractivity (Wildman–Crippen MR) is 69.0 cm³/mol. The molecule has 0 saturated carbocycles. The molecule has 0 unspecified atom stereocenters. The van der Waals surface area contributed by atoms with E-state index in [1.54, 1.807) is 0 Å². The van der Waals surface area contributed by atoms with Gasteiger partial charge in [-0.25, -0.2) is 0 Å². The summed E-state index contributed by atoms with van der Waals surface area (Å²) in [5.41, 5.74) is 1.42. The van der Waals surface area contributed by atoms with Crippen molar-refractivity contribution in [1.82, 2.24) is 0 Å². The molecule has 0 aromatic heterocycles. The van der Waals surface area contributed by atoms with Crippen molar-refractivity contribution in [1.29, 1.82) is 0 Å². The van der Waals surface area contributed by atoms with Crippen LogP contribution in [0.15, 0.2) is 24.3 Å². The Morgan fingerprint density at radius 3 is 1.80 bits per heavy atom. The molecule has 1 rings (SSSR count). The van der Waals surface area contributed by atoms with Gasteiger partial charge in [-0.05, 0) is 0 Å². The normalized spacial score (nSPS) is 11.7. The van der Waals surface area contributed by atoms with Crippen molar-refractivity contribution in [2.75, 3.05) is 0 Å². The molecule has 2 heteroatoms. The third-order valence-corrected chi connectivity index (χ3v) is 15.6. The molecule has 0 radical (unpaired) electrons. The minimum atomic E-state index is -1.58. The standard InChI is InChI=1S/C13H22GeO/c1-4-14(5-2,6-3)11-12-7-9-13(15)10-8-12/h7-10,15H,4-6,11H2,1-3H3. The van der Waals surface area contributed by atoms with E-state index >= 15 is 0 Å². The topological polar surface area (TPSA) is 20.2 Å². The summed E-state index contributed by atoms with van der Waals surface area (Å²) in [5, 5.41) is 14.8. The van der Waals surface area contributed by atoms with Gasteiger partial charge in [-0.15, -0.1) is 0 Å². The van der Waals surface area contributed by atoms with E-state index in [0.29, 0.717) is 5.75 Å². The molecular weight excluding hydrogens is 245 g/mol. The van der Waals surface area contributed by atoms with E-state index in [2.05, 4.69) is 32.9 Å². The Hall–Kier alpha value is -0.437. The van der Waals surface area contributed by atoms with Crippen LogP contribution in [0.5, 0.6) is 5.75 Å². The molecule has 0 atom stereocenters. The second-order valence-corrected chi connectivity index (χ2v) is 15.9. The van der Waals surface area contributed by atoms with Gasteiger partial charge in [-0.3, -0.25) is 0 Å². The Balaban J connectivity index is 2.78. The zero-order valence-corrected chi connectivity index (χ0v) is 12.2. The van der Waals surface area contributed by atoms with E-state index < -0.39 is 13.3 Å². The molecule has 0 aliphatic heterocycles. The summed E-state index contributed by atoms with van der Waals surface area (Å²) in [5.74, 6) is 0.376. The van der Waals surface area contributed by atoms with Crippen molar-refractivity contribution in [3.63, 3.8) is 0 Å².